The second-order valence-corrected chi connectivity index (χ2v) is 17.9. The van der Waals surface area contributed by atoms with Gasteiger partial charge in [-0.15, -0.1) is 0 Å². The number of nitrogens with two attached hydrogens (primary N) is 1. The van der Waals surface area contributed by atoms with Crippen LogP contribution in [0.3, 0.4) is 0 Å². The summed E-state index contributed by atoms with van der Waals surface area (Å²) in [4.78, 5) is 87.7. The summed E-state index contributed by atoms with van der Waals surface area (Å²) in [6, 6.07) is 8.58. The van der Waals surface area contributed by atoms with Gasteiger partial charge in [0.15, 0.2) is 17.7 Å². The van der Waals surface area contributed by atoms with Crippen molar-refractivity contribution < 1.29 is 80.5 Å². The Morgan fingerprint density at radius 1 is 1.02 bits per heavy atom. The molecule has 0 aliphatic carbocycles. The van der Waals surface area contributed by atoms with Crippen LogP contribution in [0, 0.1) is 5.41 Å². The van der Waals surface area contributed by atoms with Crippen molar-refractivity contribution in [3.8, 4) is 0 Å². The number of aromatic nitrogens is 4. The molecule has 4 rings (SSSR count). The van der Waals surface area contributed by atoms with Gasteiger partial charge >= 0.3 is 23.5 Å². The highest BCUT2D eigenvalue weighted by Crippen LogP contribution is 2.61. The van der Waals surface area contributed by atoms with Crippen LogP contribution in [0.5, 0.6) is 0 Å². The third kappa shape index (κ3) is 12.9. The second kappa shape index (κ2) is 19.0. The first-order valence-electron chi connectivity index (χ1n) is 16.2. The molecule has 1 aromatic carbocycles. The molecular weight excluding hydrogens is 831 g/mol. The Morgan fingerprint density at radius 3 is 2.38 bits per heavy atom. The van der Waals surface area contributed by atoms with Gasteiger partial charge in [-0.1, -0.05) is 55.9 Å². The number of amides is 2. The molecule has 1 saturated heterocycles. The lowest BCUT2D eigenvalue weighted by molar-refractivity contribution is -0.137. The highest BCUT2D eigenvalue weighted by atomic mass is 32.2. The number of carbonyl (C=O) groups is 3. The van der Waals surface area contributed by atoms with Crippen LogP contribution in [0.2, 0.25) is 0 Å². The minimum Gasteiger partial charge on any atom is -0.386 e. The van der Waals surface area contributed by atoms with Gasteiger partial charge in [0.25, 0.3) is 0 Å². The maximum atomic E-state index is 12.7. The average molecular weight is 872 g/mol. The average Bonchev–Trinajstić information content (AvgIpc) is 3.68. The summed E-state index contributed by atoms with van der Waals surface area (Å²) < 4.78 is 62.1. The maximum absolute atomic E-state index is 12.7. The fraction of sp³-hybridized carbons (Fsp3) is 0.500. The number of hydrogen-bond acceptors (Lipinski definition) is 18. The Bertz CT molecular complexity index is 2000. The standard InChI is InChI=1S/C28H40N7O17P3S/c1-28(2,22(38)25(39)31-9-8-18(36)30-10-11-56-27(40)16-6-4-3-5-7-16)13-49-55(46,47)52-54(44,45)48-12-17-21(51-53(41,42)43)20(37)26(50-17)35-15-34-19-23(29)32-14-33-24(19)35/h3-7,14-15,17,20-22,26,37-38H,8-13H2,1-2H3,(H,30,36)(H,31,39)(H,44,45)(H,46,47)(H2,29,32,33)(H2,41,42,43)/t17-,20-,21-,22+,26?/m1/s1. The van der Waals surface area contributed by atoms with Crippen LogP contribution < -0.4 is 16.4 Å². The van der Waals surface area contributed by atoms with Crippen LogP contribution in [0.4, 0.5) is 5.82 Å². The van der Waals surface area contributed by atoms with Crippen LogP contribution in [-0.4, -0.2) is 123 Å². The van der Waals surface area contributed by atoms with Gasteiger partial charge in [-0.25, -0.2) is 28.6 Å². The van der Waals surface area contributed by atoms with E-state index in [2.05, 4.69) is 34.4 Å². The smallest absolute Gasteiger partial charge is 0.386 e. The van der Waals surface area contributed by atoms with E-state index in [0.717, 1.165) is 29.0 Å². The van der Waals surface area contributed by atoms with Crippen LogP contribution >= 0.6 is 35.2 Å². The van der Waals surface area contributed by atoms with E-state index in [-0.39, 0.29) is 41.6 Å². The van der Waals surface area contributed by atoms with E-state index in [1.54, 1.807) is 30.3 Å². The van der Waals surface area contributed by atoms with Crippen LogP contribution in [0.25, 0.3) is 11.2 Å². The van der Waals surface area contributed by atoms with E-state index in [1.807, 2.05) is 0 Å². The molecule has 3 aromatic rings. The molecule has 1 aliphatic rings. The predicted octanol–water partition coefficient (Wildman–Crippen LogP) is -0.0215. The summed E-state index contributed by atoms with van der Waals surface area (Å²) in [5, 5.41) is 26.2. The molecule has 310 valence electrons. The molecule has 0 saturated carbocycles. The van der Waals surface area contributed by atoms with Crippen molar-refractivity contribution in [2.45, 2.75) is 50.9 Å². The first kappa shape index (κ1) is 45.5. The van der Waals surface area contributed by atoms with Gasteiger partial charge in [-0.2, -0.15) is 4.31 Å². The summed E-state index contributed by atoms with van der Waals surface area (Å²) in [7, 11) is -16.4. The molecular formula is C28H40N7O17P3S. The molecule has 28 heteroatoms. The van der Waals surface area contributed by atoms with Crippen molar-refractivity contribution in [3.63, 3.8) is 0 Å². The Kier molecular flexibility index (Phi) is 15.4. The third-order valence-electron chi connectivity index (χ3n) is 7.74. The first-order chi connectivity index (χ1) is 26.1. The second-order valence-electron chi connectivity index (χ2n) is 12.6. The molecule has 0 spiro atoms. The first-order valence-corrected chi connectivity index (χ1v) is 21.7. The zero-order valence-electron chi connectivity index (χ0n) is 29.5. The number of nitrogen functional groups attached to an aromatic ring is 1. The molecule has 7 atom stereocenters. The van der Waals surface area contributed by atoms with Gasteiger partial charge in [-0.05, 0) is 0 Å². The summed E-state index contributed by atoms with van der Waals surface area (Å²) in [6.45, 7) is 0.448. The topological polar surface area (TPSA) is 364 Å². The summed E-state index contributed by atoms with van der Waals surface area (Å²) in [5.41, 5.74) is 4.78. The molecule has 1 fully saturated rings. The predicted molar refractivity (Wildman–Crippen MR) is 193 cm³/mol. The van der Waals surface area contributed by atoms with Gasteiger partial charge < -0.3 is 50.9 Å². The number of nitrogens with one attached hydrogen (secondary N) is 2. The van der Waals surface area contributed by atoms with Gasteiger partial charge in [0, 0.05) is 36.2 Å². The molecule has 3 heterocycles. The normalized spacial score (nSPS) is 21.6. The van der Waals surface area contributed by atoms with Gasteiger partial charge in [0.1, 0.15) is 36.3 Å². The number of rotatable bonds is 20. The molecule has 10 N–H and O–H groups in total. The van der Waals surface area contributed by atoms with Crippen molar-refractivity contribution in [1.82, 2.24) is 30.2 Å². The minimum absolute atomic E-state index is 0.0292. The van der Waals surface area contributed by atoms with E-state index >= 15 is 0 Å². The number of thioether (sulfide) groups is 1. The Balaban J connectivity index is 1.23. The third-order valence-corrected chi connectivity index (χ3v) is 11.8. The molecule has 1 aliphatic heterocycles. The number of aliphatic hydroxyl groups excluding tert-OH is 2. The van der Waals surface area contributed by atoms with E-state index in [0.29, 0.717) is 11.3 Å². The number of phosphoric acid groups is 3. The summed E-state index contributed by atoms with van der Waals surface area (Å²) in [6.07, 6.45) is -6.94. The molecule has 24 nitrogen and oxygen atoms in total. The van der Waals surface area contributed by atoms with E-state index < -0.39 is 84.6 Å². The molecule has 56 heavy (non-hydrogen) atoms. The van der Waals surface area contributed by atoms with E-state index in [9.17, 15) is 57.9 Å². The molecule has 2 amide bonds. The fourth-order valence-electron chi connectivity index (χ4n) is 4.93. The number of nitrogens with zero attached hydrogens (tertiary/aromatic N) is 4. The lowest BCUT2D eigenvalue weighted by Gasteiger charge is -2.30. The van der Waals surface area contributed by atoms with Gasteiger partial charge in [0.2, 0.25) is 16.9 Å². The van der Waals surface area contributed by atoms with Crippen molar-refractivity contribution in [1.29, 1.82) is 0 Å². The Hall–Kier alpha value is -3.22. The minimum atomic E-state index is -5.57. The quantitative estimate of drug-likeness (QED) is 0.0532. The Labute approximate surface area is 321 Å². The van der Waals surface area contributed by atoms with Gasteiger partial charge in [0.05, 0.1) is 19.5 Å². The summed E-state index contributed by atoms with van der Waals surface area (Å²) >= 11 is 1.02. The lowest BCUT2D eigenvalue weighted by atomic mass is 9.87. The maximum Gasteiger partial charge on any atom is 0.481 e. The van der Waals surface area contributed by atoms with Crippen molar-refractivity contribution in [2.75, 3.05) is 37.8 Å². The number of ether oxygens (including phenoxy) is 1. The zero-order valence-corrected chi connectivity index (χ0v) is 33.0. The zero-order chi connectivity index (χ0) is 41.5. The number of hydrogen-bond donors (Lipinski definition) is 9. The number of phosphoric ester groups is 3. The number of fused-ring (bicyclic) bond motifs is 1. The number of imidazole rings is 1. The molecule has 2 aromatic heterocycles. The molecule has 0 radical (unpaired) electrons. The number of benzene rings is 1. The highest BCUT2D eigenvalue weighted by Gasteiger charge is 2.50. The van der Waals surface area contributed by atoms with Crippen LogP contribution in [-0.2, 0) is 45.9 Å². The van der Waals surface area contributed by atoms with Crippen molar-refractivity contribution in [2.24, 2.45) is 5.41 Å². The highest BCUT2D eigenvalue weighted by molar-refractivity contribution is 8.14. The lowest BCUT2D eigenvalue weighted by Crippen LogP contribution is -2.46. The van der Waals surface area contributed by atoms with Crippen molar-refractivity contribution >= 4 is 69.1 Å². The summed E-state index contributed by atoms with van der Waals surface area (Å²) in [5.74, 6) is -1.17. The van der Waals surface area contributed by atoms with E-state index in [1.165, 1.54) is 13.8 Å². The number of carbonyl (C=O) groups excluding carboxylic acids is 3. The van der Waals surface area contributed by atoms with Gasteiger partial charge in [-0.3, -0.25) is 32.5 Å². The van der Waals surface area contributed by atoms with Crippen LogP contribution in [0.1, 0.15) is 36.9 Å². The van der Waals surface area contributed by atoms with Crippen molar-refractivity contribution in [3.05, 3.63) is 48.5 Å². The molecule has 3 unspecified atom stereocenters. The fourth-order valence-corrected chi connectivity index (χ4v) is 8.45. The Morgan fingerprint density at radius 2 is 1.70 bits per heavy atom. The largest absolute Gasteiger partial charge is 0.481 e. The monoisotopic (exact) mass is 871 g/mol. The van der Waals surface area contributed by atoms with E-state index in [4.69, 9.17) is 19.5 Å². The van der Waals surface area contributed by atoms with Crippen LogP contribution in [0.15, 0.2) is 43.0 Å². The number of anilines is 1. The number of aliphatic hydroxyl groups is 2. The SMILES string of the molecule is CC(C)(COP(=O)(O)OP(=O)(O)OC[C@H]1OC(n2cnc3c(N)ncnc32)[C@H](O)[C@@H]1OP(=O)(O)O)[C@@H](O)C(=O)NCCC(=O)NCCSC(=O)c1ccccc1. The molecule has 0 bridgehead atoms.